The number of benzene rings is 2. The lowest BCUT2D eigenvalue weighted by Crippen LogP contribution is -2.17. The highest BCUT2D eigenvalue weighted by Gasteiger charge is 2.03. The molecule has 0 spiro atoms. The summed E-state index contributed by atoms with van der Waals surface area (Å²) in [6.07, 6.45) is 8.42. The fourth-order valence-electron chi connectivity index (χ4n) is 3.14. The molecule has 2 aromatic heterocycles. The molecule has 0 saturated heterocycles. The van der Waals surface area contributed by atoms with Crippen molar-refractivity contribution in [2.45, 2.75) is 26.0 Å². The van der Waals surface area contributed by atoms with Gasteiger partial charge in [0, 0.05) is 24.5 Å². The number of nitrogens with zero attached hydrogens (tertiary/aromatic N) is 5. The summed E-state index contributed by atoms with van der Waals surface area (Å²) < 4.78 is 13.3. The third-order valence-electron chi connectivity index (χ3n) is 4.97. The van der Waals surface area contributed by atoms with Crippen molar-refractivity contribution < 1.29 is 14.3 Å². The first kappa shape index (κ1) is 23.6. The summed E-state index contributed by atoms with van der Waals surface area (Å²) in [6, 6.07) is 20.4. The number of nitrogens with one attached hydrogen (secondary N) is 1. The maximum Gasteiger partial charge on any atom is 0.271 e. The minimum absolute atomic E-state index is 0.286. The van der Waals surface area contributed by atoms with Crippen molar-refractivity contribution in [3.05, 3.63) is 102 Å². The molecule has 0 radical (unpaired) electrons. The lowest BCUT2D eigenvalue weighted by Gasteiger charge is -2.06. The molecule has 0 atom stereocenters. The number of aromatic nitrogens is 4. The van der Waals surface area contributed by atoms with Gasteiger partial charge >= 0.3 is 0 Å². The molecule has 2 aromatic carbocycles. The third kappa shape index (κ3) is 7.78. The molecule has 1 amide bonds. The Morgan fingerprint density at radius 1 is 0.943 bits per heavy atom. The molecule has 0 fully saturated rings. The molecule has 0 unspecified atom stereocenters. The normalized spacial score (nSPS) is 10.9. The van der Waals surface area contributed by atoms with Crippen LogP contribution >= 0.6 is 0 Å². The Morgan fingerprint density at radius 2 is 1.71 bits per heavy atom. The van der Waals surface area contributed by atoms with Crippen molar-refractivity contribution in [1.82, 2.24) is 25.4 Å². The van der Waals surface area contributed by atoms with Crippen LogP contribution in [0.2, 0.25) is 0 Å². The molecule has 4 aromatic rings. The van der Waals surface area contributed by atoms with E-state index in [1.807, 2.05) is 65.5 Å². The third-order valence-corrected chi connectivity index (χ3v) is 4.97. The molecule has 1 N–H and O–H groups in total. The van der Waals surface area contributed by atoms with E-state index >= 15 is 0 Å². The van der Waals surface area contributed by atoms with Crippen LogP contribution in [0.3, 0.4) is 0 Å². The Morgan fingerprint density at radius 3 is 2.51 bits per heavy atom. The summed E-state index contributed by atoms with van der Waals surface area (Å²) in [5, 5.41) is 12.3. The van der Waals surface area contributed by atoms with Crippen LogP contribution in [0.25, 0.3) is 0 Å². The summed E-state index contributed by atoms with van der Waals surface area (Å²) in [5.74, 6) is 1.31. The van der Waals surface area contributed by atoms with E-state index < -0.39 is 0 Å². The Kier molecular flexibility index (Phi) is 8.53. The summed E-state index contributed by atoms with van der Waals surface area (Å²) >= 11 is 0. The molecule has 35 heavy (non-hydrogen) atoms. The summed E-state index contributed by atoms with van der Waals surface area (Å²) in [7, 11) is 0. The van der Waals surface area contributed by atoms with Crippen LogP contribution in [-0.4, -0.2) is 38.7 Å². The van der Waals surface area contributed by atoms with Crippen LogP contribution in [0.15, 0.2) is 90.4 Å². The molecule has 9 heteroatoms. The zero-order chi connectivity index (χ0) is 24.1. The number of rotatable bonds is 12. The van der Waals surface area contributed by atoms with E-state index in [0.29, 0.717) is 18.8 Å². The first-order chi connectivity index (χ1) is 17.3. The minimum Gasteiger partial charge on any atom is -0.494 e. The number of pyridine rings is 1. The van der Waals surface area contributed by atoms with Gasteiger partial charge in [-0.2, -0.15) is 5.10 Å². The monoisotopic (exact) mass is 470 g/mol. The second kappa shape index (κ2) is 12.6. The average molecular weight is 471 g/mol. The van der Waals surface area contributed by atoms with Crippen LogP contribution < -0.4 is 14.9 Å². The van der Waals surface area contributed by atoms with E-state index in [2.05, 4.69) is 25.8 Å². The summed E-state index contributed by atoms with van der Waals surface area (Å²) in [4.78, 5) is 15.8. The van der Waals surface area contributed by atoms with Gasteiger partial charge in [-0.25, -0.2) is 5.43 Å². The predicted octanol–water partition coefficient (Wildman–Crippen LogP) is 3.88. The van der Waals surface area contributed by atoms with Crippen LogP contribution in [0.1, 0.15) is 34.5 Å². The maximum absolute atomic E-state index is 11.9. The molecular weight excluding hydrogens is 444 g/mol. The number of amides is 1. The Hall–Kier alpha value is -4.53. The molecule has 9 nitrogen and oxygen atoms in total. The second-order valence-electron chi connectivity index (χ2n) is 7.63. The van der Waals surface area contributed by atoms with Gasteiger partial charge in [-0.1, -0.05) is 23.4 Å². The van der Waals surface area contributed by atoms with Crippen molar-refractivity contribution in [3.8, 4) is 11.5 Å². The standard InChI is InChI=1S/C26H26N6O3/c33-26(22-12-14-27-15-13-22)30-28-18-21-8-10-25(11-9-21)34-17-5-4-16-32-19-23(29-31-32)20-35-24-6-2-1-3-7-24/h1-3,6-15,18-19H,4-5,16-17,20H2,(H,30,33)/b28-18+. The molecule has 0 aliphatic heterocycles. The van der Waals surface area contributed by atoms with Crippen LogP contribution in [0.5, 0.6) is 11.5 Å². The van der Waals surface area contributed by atoms with Crippen molar-refractivity contribution in [3.63, 3.8) is 0 Å². The largest absolute Gasteiger partial charge is 0.494 e. The molecule has 0 saturated carbocycles. The van der Waals surface area contributed by atoms with Gasteiger partial charge in [0.2, 0.25) is 0 Å². The quantitative estimate of drug-likeness (QED) is 0.191. The van der Waals surface area contributed by atoms with Crippen molar-refractivity contribution in [2.24, 2.45) is 5.10 Å². The first-order valence-electron chi connectivity index (χ1n) is 11.3. The van der Waals surface area contributed by atoms with Gasteiger partial charge in [-0.05, 0) is 66.9 Å². The number of unbranched alkanes of at least 4 members (excludes halogenated alkanes) is 1. The summed E-state index contributed by atoms with van der Waals surface area (Å²) in [5.41, 5.74) is 4.64. The first-order valence-corrected chi connectivity index (χ1v) is 11.3. The molecule has 4 rings (SSSR count). The van der Waals surface area contributed by atoms with Gasteiger partial charge in [-0.3, -0.25) is 14.5 Å². The molecule has 0 aliphatic rings. The molecule has 2 heterocycles. The van der Waals surface area contributed by atoms with E-state index in [0.717, 1.165) is 42.1 Å². The predicted molar refractivity (Wildman–Crippen MR) is 131 cm³/mol. The van der Waals surface area contributed by atoms with Crippen molar-refractivity contribution >= 4 is 12.1 Å². The van der Waals surface area contributed by atoms with Gasteiger partial charge in [0.15, 0.2) is 0 Å². The highest BCUT2D eigenvalue weighted by Crippen LogP contribution is 2.12. The number of carbonyl (C=O) groups is 1. The number of para-hydroxylation sites is 1. The molecular formula is C26H26N6O3. The number of carbonyl (C=O) groups excluding carboxylic acids is 1. The minimum atomic E-state index is -0.286. The highest BCUT2D eigenvalue weighted by atomic mass is 16.5. The van der Waals surface area contributed by atoms with E-state index in [4.69, 9.17) is 9.47 Å². The zero-order valence-corrected chi connectivity index (χ0v) is 19.2. The summed E-state index contributed by atoms with van der Waals surface area (Å²) in [6.45, 7) is 1.77. The fourth-order valence-corrected chi connectivity index (χ4v) is 3.14. The number of ether oxygens (including phenoxy) is 2. The van der Waals surface area contributed by atoms with Crippen molar-refractivity contribution in [1.29, 1.82) is 0 Å². The highest BCUT2D eigenvalue weighted by molar-refractivity contribution is 5.94. The topological polar surface area (TPSA) is 104 Å². The van der Waals surface area contributed by atoms with E-state index in [9.17, 15) is 4.79 Å². The van der Waals surface area contributed by atoms with Crippen LogP contribution in [0.4, 0.5) is 0 Å². The second-order valence-corrected chi connectivity index (χ2v) is 7.63. The van der Waals surface area contributed by atoms with E-state index in [1.165, 1.54) is 0 Å². The molecule has 0 aliphatic carbocycles. The number of hydrazone groups is 1. The molecule has 0 bridgehead atoms. The SMILES string of the molecule is O=C(N/N=C/c1ccc(OCCCCn2cc(COc3ccccc3)nn2)cc1)c1ccncc1. The lowest BCUT2D eigenvalue weighted by atomic mass is 10.2. The lowest BCUT2D eigenvalue weighted by molar-refractivity contribution is 0.0955. The van der Waals surface area contributed by atoms with Crippen LogP contribution in [-0.2, 0) is 13.2 Å². The smallest absolute Gasteiger partial charge is 0.271 e. The zero-order valence-electron chi connectivity index (χ0n) is 19.2. The number of hydrogen-bond acceptors (Lipinski definition) is 7. The molecule has 178 valence electrons. The fraction of sp³-hybridized carbons (Fsp3) is 0.192. The Bertz CT molecular complexity index is 1210. The number of aryl methyl sites for hydroxylation is 1. The average Bonchev–Trinajstić information content (AvgIpc) is 3.37. The number of hydrogen-bond donors (Lipinski definition) is 1. The van der Waals surface area contributed by atoms with Gasteiger partial charge in [0.05, 0.1) is 19.0 Å². The van der Waals surface area contributed by atoms with Crippen LogP contribution in [0, 0.1) is 0 Å². The Labute approximate surface area is 203 Å². The van der Waals surface area contributed by atoms with Crippen molar-refractivity contribution in [2.75, 3.05) is 6.61 Å². The van der Waals surface area contributed by atoms with Gasteiger partial charge in [0.25, 0.3) is 5.91 Å². The van der Waals surface area contributed by atoms with Gasteiger partial charge in [-0.15, -0.1) is 5.10 Å². The Balaban J connectivity index is 1.11. The van der Waals surface area contributed by atoms with E-state index in [-0.39, 0.29) is 5.91 Å². The van der Waals surface area contributed by atoms with Gasteiger partial charge in [0.1, 0.15) is 23.8 Å². The van der Waals surface area contributed by atoms with Gasteiger partial charge < -0.3 is 9.47 Å². The van der Waals surface area contributed by atoms with E-state index in [1.54, 1.807) is 30.7 Å². The maximum atomic E-state index is 11.9.